The van der Waals surface area contributed by atoms with E-state index in [1.165, 1.54) is 5.56 Å². The van der Waals surface area contributed by atoms with Gasteiger partial charge in [0.2, 0.25) is 5.95 Å². The van der Waals surface area contributed by atoms with Gasteiger partial charge in [0.05, 0.1) is 12.8 Å². The monoisotopic (exact) mass is 354 g/mol. The molecule has 0 amide bonds. The number of nitrogens with zero attached hydrogens (tertiary/aromatic N) is 2. The fraction of sp³-hybridized carbons (Fsp3) is 0.158. The number of ether oxygens (including phenoxy) is 1. The number of rotatable bonds is 9. The van der Waals surface area contributed by atoms with Crippen LogP contribution in [0.2, 0.25) is 0 Å². The third kappa shape index (κ3) is 5.48. The van der Waals surface area contributed by atoms with E-state index in [1.54, 1.807) is 31.3 Å². The van der Waals surface area contributed by atoms with E-state index in [9.17, 15) is 0 Å². The molecule has 0 fully saturated rings. The summed E-state index contributed by atoms with van der Waals surface area (Å²) >= 11 is 1.64. The van der Waals surface area contributed by atoms with Crippen LogP contribution >= 0.6 is 11.9 Å². The highest BCUT2D eigenvalue weighted by Crippen LogP contribution is 2.23. The van der Waals surface area contributed by atoms with Gasteiger partial charge in [-0.05, 0) is 36.9 Å². The lowest BCUT2D eigenvalue weighted by Crippen LogP contribution is -2.01. The highest BCUT2D eigenvalue weighted by atomic mass is 32.2. The van der Waals surface area contributed by atoms with Crippen LogP contribution in [0.25, 0.3) is 5.57 Å². The number of hydrogen-bond acceptors (Lipinski definition) is 6. The van der Waals surface area contributed by atoms with E-state index in [1.807, 2.05) is 31.3 Å². The lowest BCUT2D eigenvalue weighted by Gasteiger charge is -2.11. The average Bonchev–Trinajstić information content (AvgIpc) is 2.64. The van der Waals surface area contributed by atoms with Crippen molar-refractivity contribution < 1.29 is 4.74 Å². The number of nitrogens with one attached hydrogen (secondary N) is 2. The van der Waals surface area contributed by atoms with E-state index < -0.39 is 0 Å². The Balaban J connectivity index is 2.23. The van der Waals surface area contributed by atoms with Crippen LogP contribution in [0.1, 0.15) is 11.3 Å². The van der Waals surface area contributed by atoms with Gasteiger partial charge in [0.15, 0.2) is 0 Å². The third-order valence-corrected chi connectivity index (χ3v) is 4.10. The van der Waals surface area contributed by atoms with Gasteiger partial charge in [-0.2, -0.15) is 0 Å². The van der Waals surface area contributed by atoms with E-state index in [0.29, 0.717) is 17.4 Å². The molecule has 1 aromatic carbocycles. The lowest BCUT2D eigenvalue weighted by atomic mass is 10.1. The molecule has 25 heavy (non-hydrogen) atoms. The molecule has 130 valence electrons. The first-order valence-corrected chi connectivity index (χ1v) is 8.70. The van der Waals surface area contributed by atoms with Gasteiger partial charge in [0.25, 0.3) is 0 Å². The Kier molecular flexibility index (Phi) is 7.25. The Morgan fingerprint density at radius 3 is 2.92 bits per heavy atom. The van der Waals surface area contributed by atoms with E-state index in [-0.39, 0.29) is 0 Å². The van der Waals surface area contributed by atoms with Crippen LogP contribution in [0.4, 0.5) is 11.6 Å². The van der Waals surface area contributed by atoms with Gasteiger partial charge < -0.3 is 10.1 Å². The Morgan fingerprint density at radius 2 is 2.20 bits per heavy atom. The van der Waals surface area contributed by atoms with E-state index in [0.717, 1.165) is 17.0 Å². The van der Waals surface area contributed by atoms with Crippen molar-refractivity contribution in [2.75, 3.05) is 19.5 Å². The maximum Gasteiger partial charge on any atom is 0.227 e. The number of hydrogen-bond donors (Lipinski definition) is 2. The van der Waals surface area contributed by atoms with Crippen molar-refractivity contribution >= 4 is 29.2 Å². The minimum absolute atomic E-state index is 0.509. The Hall–Kier alpha value is -2.57. The Morgan fingerprint density at radius 1 is 1.36 bits per heavy atom. The Labute approximate surface area is 153 Å². The summed E-state index contributed by atoms with van der Waals surface area (Å²) in [4.78, 5) is 8.84. The minimum atomic E-state index is 0.509. The topological polar surface area (TPSA) is 59.1 Å². The summed E-state index contributed by atoms with van der Waals surface area (Å²) in [6.07, 6.45) is 5.19. The van der Waals surface area contributed by atoms with Crippen LogP contribution in [0.15, 0.2) is 67.6 Å². The first kappa shape index (κ1) is 18.8. The summed E-state index contributed by atoms with van der Waals surface area (Å²) in [5.74, 6) is 1.91. The predicted octanol–water partition coefficient (Wildman–Crippen LogP) is 4.32. The fourth-order valence-corrected chi connectivity index (χ4v) is 2.63. The largest absolute Gasteiger partial charge is 0.497 e. The highest BCUT2D eigenvalue weighted by molar-refractivity contribution is 7.96. The third-order valence-electron chi connectivity index (χ3n) is 3.33. The van der Waals surface area contributed by atoms with Crippen LogP contribution in [0.5, 0.6) is 0 Å². The van der Waals surface area contributed by atoms with Crippen LogP contribution in [-0.2, 0) is 10.5 Å². The highest BCUT2D eigenvalue weighted by Gasteiger charge is 2.09. The molecule has 0 aliphatic rings. The molecule has 0 bridgehead atoms. The first-order chi connectivity index (χ1) is 12.2. The molecule has 0 saturated heterocycles. The summed E-state index contributed by atoms with van der Waals surface area (Å²) in [6, 6.07) is 9.96. The predicted molar refractivity (Wildman–Crippen MR) is 106 cm³/mol. The molecule has 0 radical (unpaired) electrons. The molecular weight excluding hydrogens is 332 g/mol. The van der Waals surface area contributed by atoms with Crippen LogP contribution in [-0.4, -0.2) is 24.1 Å². The molecule has 0 saturated carbocycles. The zero-order chi connectivity index (χ0) is 18.1. The second-order valence-corrected chi connectivity index (χ2v) is 6.01. The van der Waals surface area contributed by atoms with Crippen LogP contribution in [0.3, 0.4) is 0 Å². The second-order valence-electron chi connectivity index (χ2n) is 5.03. The van der Waals surface area contributed by atoms with Crippen molar-refractivity contribution in [3.8, 4) is 0 Å². The molecule has 2 aromatic rings. The second kappa shape index (κ2) is 9.66. The number of methoxy groups -OCH3 is 1. The van der Waals surface area contributed by atoms with Crippen molar-refractivity contribution in [3.63, 3.8) is 0 Å². The van der Waals surface area contributed by atoms with Gasteiger partial charge in [-0.15, -0.1) is 0 Å². The smallest absolute Gasteiger partial charge is 0.227 e. The zero-order valence-corrected chi connectivity index (χ0v) is 15.3. The lowest BCUT2D eigenvalue weighted by molar-refractivity contribution is 0.312. The minimum Gasteiger partial charge on any atom is -0.497 e. The van der Waals surface area contributed by atoms with Crippen molar-refractivity contribution in [2.45, 2.75) is 5.75 Å². The molecule has 0 atom stereocenters. The molecule has 2 rings (SSSR count). The number of benzene rings is 1. The molecule has 0 aliphatic carbocycles. The average molecular weight is 354 g/mol. The first-order valence-electron chi connectivity index (χ1n) is 7.71. The number of aromatic nitrogens is 2. The van der Waals surface area contributed by atoms with Gasteiger partial charge >= 0.3 is 0 Å². The molecule has 1 heterocycles. The summed E-state index contributed by atoms with van der Waals surface area (Å²) < 4.78 is 8.30. The maximum absolute atomic E-state index is 5.23. The number of allylic oxidation sites excluding steroid dienone is 3. The van der Waals surface area contributed by atoms with Crippen molar-refractivity contribution in [3.05, 3.63) is 78.9 Å². The summed E-state index contributed by atoms with van der Waals surface area (Å²) in [7, 11) is 3.49. The molecule has 0 unspecified atom stereocenters. The molecule has 0 aliphatic heterocycles. The normalized spacial score (nSPS) is 11.0. The molecule has 6 heteroatoms. The van der Waals surface area contributed by atoms with Gasteiger partial charge in [0.1, 0.15) is 5.76 Å². The van der Waals surface area contributed by atoms with Crippen LogP contribution < -0.4 is 10.0 Å². The number of anilines is 2. The van der Waals surface area contributed by atoms with Crippen molar-refractivity contribution in [1.82, 2.24) is 14.7 Å². The van der Waals surface area contributed by atoms with Crippen LogP contribution in [0, 0.1) is 0 Å². The van der Waals surface area contributed by atoms with Gasteiger partial charge in [-0.25, -0.2) is 9.97 Å². The quantitative estimate of drug-likeness (QED) is 0.397. The fourth-order valence-electron chi connectivity index (χ4n) is 2.14. The SMILES string of the molecule is C=C/C=C(\C(=C)OC)c1ccnc(Nc2cccc(CSNC)c2)n1. The van der Waals surface area contributed by atoms with Crippen molar-refractivity contribution in [2.24, 2.45) is 0 Å². The van der Waals surface area contributed by atoms with E-state index >= 15 is 0 Å². The van der Waals surface area contributed by atoms with Gasteiger partial charge in [-0.3, -0.25) is 4.72 Å². The molecule has 2 N–H and O–H groups in total. The van der Waals surface area contributed by atoms with Gasteiger partial charge in [0, 0.05) is 23.2 Å². The summed E-state index contributed by atoms with van der Waals surface area (Å²) in [5, 5.41) is 3.24. The maximum atomic E-state index is 5.23. The molecule has 5 nitrogen and oxygen atoms in total. The summed E-state index contributed by atoms with van der Waals surface area (Å²) in [5.41, 5.74) is 3.62. The standard InChI is InChI=1S/C19H22N4OS/c1-5-7-17(14(2)24-4)18-10-11-21-19(23-18)22-16-9-6-8-15(12-16)13-25-20-3/h5-12,20H,1-2,13H2,3-4H3,(H,21,22,23)/b17-7+. The van der Waals surface area contributed by atoms with E-state index in [2.05, 4.69) is 45.3 Å². The van der Waals surface area contributed by atoms with E-state index in [4.69, 9.17) is 4.74 Å². The molecule has 0 spiro atoms. The van der Waals surface area contributed by atoms with Crippen molar-refractivity contribution in [1.29, 1.82) is 0 Å². The Bertz CT molecular complexity index is 774. The molecule has 1 aromatic heterocycles. The summed E-state index contributed by atoms with van der Waals surface area (Å²) in [6.45, 7) is 7.62. The zero-order valence-electron chi connectivity index (χ0n) is 14.5. The molecular formula is C19H22N4OS. The van der Waals surface area contributed by atoms with Gasteiger partial charge in [-0.1, -0.05) is 43.3 Å².